The van der Waals surface area contributed by atoms with Crippen molar-refractivity contribution in [2.24, 2.45) is 11.3 Å². The zero-order chi connectivity index (χ0) is 23.3. The Morgan fingerprint density at radius 1 is 1.18 bits per heavy atom. The highest BCUT2D eigenvalue weighted by atomic mass is 35.5. The van der Waals surface area contributed by atoms with Gasteiger partial charge in [0.05, 0.1) is 13.2 Å². The van der Waals surface area contributed by atoms with Crippen molar-refractivity contribution in [1.29, 1.82) is 0 Å². The average Bonchev–Trinajstić information content (AvgIpc) is 3.02. The van der Waals surface area contributed by atoms with Gasteiger partial charge in [-0.3, -0.25) is 4.90 Å². The third-order valence-corrected chi connectivity index (χ3v) is 7.77. The summed E-state index contributed by atoms with van der Waals surface area (Å²) in [5.41, 5.74) is 2.58. The molecule has 1 unspecified atom stereocenters. The molecule has 0 saturated carbocycles. The number of rotatable bonds is 4. The topological polar surface area (TPSA) is 50.8 Å². The molecule has 3 saturated heterocycles. The Hall–Kier alpha value is -2.31. The zero-order valence-corrected chi connectivity index (χ0v) is 20.0. The molecule has 2 aromatic carbocycles. The fourth-order valence-electron chi connectivity index (χ4n) is 5.77. The van der Waals surface area contributed by atoms with Crippen LogP contribution in [0.3, 0.4) is 0 Å². The second-order valence-electron chi connectivity index (χ2n) is 10.2. The predicted molar refractivity (Wildman–Crippen MR) is 126 cm³/mol. The van der Waals surface area contributed by atoms with Crippen LogP contribution in [0.15, 0.2) is 30.3 Å². The van der Waals surface area contributed by atoms with Gasteiger partial charge >= 0.3 is 6.09 Å². The number of methoxy groups -OCH3 is 1. The van der Waals surface area contributed by atoms with Crippen molar-refractivity contribution in [3.63, 3.8) is 0 Å². The highest BCUT2D eigenvalue weighted by molar-refractivity contribution is 6.31. The Balaban J connectivity index is 1.40. The number of hydrogen-bond acceptors (Lipinski definition) is 4. The lowest BCUT2D eigenvalue weighted by Gasteiger charge is -2.44. The number of benzene rings is 2. The molecule has 7 heteroatoms. The number of fused-ring (bicyclic) bond motifs is 4. The van der Waals surface area contributed by atoms with Gasteiger partial charge in [0.25, 0.3) is 0 Å². The number of piperidine rings is 3. The third kappa shape index (κ3) is 4.19. The standard InChI is InChI=1S/C26H30ClFN2O3/c1-26(2)13-16-10-19(20-11-17(27)4-5-22(20)32-3)21(28)12-18(16)24(26)29-25(31)33-23-14-30-8-6-15(23)7-9-30/h4-5,10-12,15,23-24H,6-9,13-14H2,1-3H3,(H,29,31)/t23-,24?/m1/s1. The monoisotopic (exact) mass is 472 g/mol. The van der Waals surface area contributed by atoms with Crippen molar-refractivity contribution in [3.05, 3.63) is 52.3 Å². The molecule has 3 fully saturated rings. The van der Waals surface area contributed by atoms with E-state index in [0.717, 1.165) is 43.6 Å². The summed E-state index contributed by atoms with van der Waals surface area (Å²) in [6, 6.07) is 8.25. The number of carbonyl (C=O) groups is 1. The maximum absolute atomic E-state index is 15.4. The maximum atomic E-state index is 15.4. The third-order valence-electron chi connectivity index (χ3n) is 7.54. The van der Waals surface area contributed by atoms with Gasteiger partial charge in [0.1, 0.15) is 17.7 Å². The first-order valence-corrected chi connectivity index (χ1v) is 12.0. The normalized spacial score (nSPS) is 27.2. The number of carbonyl (C=O) groups excluding carboxylic acids is 1. The fraction of sp³-hybridized carbons (Fsp3) is 0.500. The number of nitrogens with one attached hydrogen (secondary N) is 1. The first-order valence-electron chi connectivity index (χ1n) is 11.6. The van der Waals surface area contributed by atoms with Crippen LogP contribution in [0.25, 0.3) is 11.1 Å². The van der Waals surface area contributed by atoms with Crippen molar-refractivity contribution in [2.75, 3.05) is 26.7 Å². The molecule has 1 N–H and O–H groups in total. The number of halogens is 2. The van der Waals surface area contributed by atoms with E-state index in [0.29, 0.717) is 34.2 Å². The molecule has 176 valence electrons. The largest absolute Gasteiger partial charge is 0.496 e. The first kappa shape index (κ1) is 22.5. The maximum Gasteiger partial charge on any atom is 0.407 e. The van der Waals surface area contributed by atoms with Gasteiger partial charge in [0.15, 0.2) is 0 Å². The van der Waals surface area contributed by atoms with Crippen LogP contribution in [0.1, 0.15) is 43.9 Å². The van der Waals surface area contributed by atoms with E-state index in [1.54, 1.807) is 31.4 Å². The molecule has 6 rings (SSSR count). The second kappa shape index (κ2) is 8.48. The Morgan fingerprint density at radius 3 is 2.61 bits per heavy atom. The predicted octanol–water partition coefficient (Wildman–Crippen LogP) is 5.60. The van der Waals surface area contributed by atoms with Crippen LogP contribution in [-0.2, 0) is 11.2 Å². The number of ether oxygens (including phenoxy) is 2. The van der Waals surface area contributed by atoms with Crippen LogP contribution in [0.5, 0.6) is 5.75 Å². The van der Waals surface area contributed by atoms with Gasteiger partial charge in [0, 0.05) is 22.7 Å². The summed E-state index contributed by atoms with van der Waals surface area (Å²) in [5.74, 6) is 0.633. The molecule has 3 aliphatic heterocycles. The highest BCUT2D eigenvalue weighted by Crippen LogP contribution is 2.48. The molecule has 2 bridgehead atoms. The Labute approximate surface area is 199 Å². The molecular formula is C26H30ClFN2O3. The van der Waals surface area contributed by atoms with Gasteiger partial charge in [-0.25, -0.2) is 9.18 Å². The molecule has 0 aromatic heterocycles. The van der Waals surface area contributed by atoms with Gasteiger partial charge < -0.3 is 14.8 Å². The lowest BCUT2D eigenvalue weighted by molar-refractivity contribution is -0.0349. The van der Waals surface area contributed by atoms with E-state index in [-0.39, 0.29) is 23.4 Å². The van der Waals surface area contributed by atoms with E-state index < -0.39 is 6.09 Å². The smallest absolute Gasteiger partial charge is 0.407 e. The van der Waals surface area contributed by atoms with Crippen LogP contribution < -0.4 is 10.1 Å². The van der Waals surface area contributed by atoms with Gasteiger partial charge in [-0.15, -0.1) is 0 Å². The highest BCUT2D eigenvalue weighted by Gasteiger charge is 2.42. The Morgan fingerprint density at radius 2 is 1.94 bits per heavy atom. The Kier molecular flexibility index (Phi) is 5.78. The zero-order valence-electron chi connectivity index (χ0n) is 19.3. The van der Waals surface area contributed by atoms with Gasteiger partial charge in [0.2, 0.25) is 0 Å². The van der Waals surface area contributed by atoms with E-state index in [4.69, 9.17) is 21.1 Å². The molecule has 2 aromatic rings. The van der Waals surface area contributed by atoms with E-state index >= 15 is 4.39 Å². The lowest BCUT2D eigenvalue weighted by atomic mass is 9.85. The van der Waals surface area contributed by atoms with Crippen LogP contribution in [-0.4, -0.2) is 43.8 Å². The number of alkyl carbamates (subject to hydrolysis) is 1. The van der Waals surface area contributed by atoms with Gasteiger partial charge in [-0.2, -0.15) is 0 Å². The lowest BCUT2D eigenvalue weighted by Crippen LogP contribution is -2.53. The number of amides is 1. The van der Waals surface area contributed by atoms with Gasteiger partial charge in [-0.05, 0) is 85.1 Å². The van der Waals surface area contributed by atoms with E-state index in [2.05, 4.69) is 24.1 Å². The van der Waals surface area contributed by atoms with E-state index in [1.807, 2.05) is 6.07 Å². The van der Waals surface area contributed by atoms with Crippen LogP contribution in [0, 0.1) is 17.2 Å². The average molecular weight is 473 g/mol. The molecule has 1 amide bonds. The first-order chi connectivity index (χ1) is 15.7. The number of nitrogens with zero attached hydrogens (tertiary/aromatic N) is 1. The SMILES string of the molecule is COc1ccc(Cl)cc1-c1cc2c(cc1F)C(NC(=O)O[C@@H]1CN3CCC1CC3)C(C)(C)C2. The van der Waals surface area contributed by atoms with Crippen molar-refractivity contribution < 1.29 is 18.7 Å². The fourth-order valence-corrected chi connectivity index (χ4v) is 5.95. The Bertz CT molecular complexity index is 1080. The summed E-state index contributed by atoms with van der Waals surface area (Å²) in [6.45, 7) is 7.16. The van der Waals surface area contributed by atoms with E-state index in [1.165, 1.54) is 0 Å². The van der Waals surface area contributed by atoms with Crippen LogP contribution in [0.4, 0.5) is 9.18 Å². The summed E-state index contributed by atoms with van der Waals surface area (Å²) in [7, 11) is 1.56. The molecule has 5 nitrogen and oxygen atoms in total. The molecule has 0 radical (unpaired) electrons. The molecule has 4 aliphatic rings. The molecule has 33 heavy (non-hydrogen) atoms. The molecule has 0 spiro atoms. The quantitative estimate of drug-likeness (QED) is 0.629. The summed E-state index contributed by atoms with van der Waals surface area (Å²) in [4.78, 5) is 15.2. The molecule has 2 atom stereocenters. The second-order valence-corrected chi connectivity index (χ2v) is 10.6. The summed E-state index contributed by atoms with van der Waals surface area (Å²) in [5, 5.41) is 3.57. The van der Waals surface area contributed by atoms with Crippen LogP contribution >= 0.6 is 11.6 Å². The van der Waals surface area contributed by atoms with Crippen molar-refractivity contribution >= 4 is 17.7 Å². The summed E-state index contributed by atoms with van der Waals surface area (Å²) >= 11 is 6.18. The van der Waals surface area contributed by atoms with Crippen molar-refractivity contribution in [1.82, 2.24) is 10.2 Å². The van der Waals surface area contributed by atoms with E-state index in [9.17, 15) is 4.79 Å². The minimum Gasteiger partial charge on any atom is -0.496 e. The van der Waals surface area contributed by atoms with Crippen molar-refractivity contribution in [2.45, 2.75) is 45.3 Å². The number of hydrogen-bond donors (Lipinski definition) is 1. The minimum absolute atomic E-state index is 0.0640. The minimum atomic E-state index is -0.416. The summed E-state index contributed by atoms with van der Waals surface area (Å²) < 4.78 is 26.6. The van der Waals surface area contributed by atoms with Crippen LogP contribution in [0.2, 0.25) is 5.02 Å². The van der Waals surface area contributed by atoms with Crippen molar-refractivity contribution in [3.8, 4) is 16.9 Å². The molecule has 1 aliphatic carbocycles. The molecule has 3 heterocycles. The molecular weight excluding hydrogens is 443 g/mol. The summed E-state index contributed by atoms with van der Waals surface area (Å²) in [6.07, 6.45) is 2.39. The van der Waals surface area contributed by atoms with Gasteiger partial charge in [-0.1, -0.05) is 25.4 Å².